The van der Waals surface area contributed by atoms with Gasteiger partial charge >= 0.3 is 5.97 Å². The molecule has 144 valence electrons. The normalized spacial score (nSPS) is 10.9. The van der Waals surface area contributed by atoms with Crippen molar-refractivity contribution in [2.45, 2.75) is 11.8 Å². The Bertz CT molecular complexity index is 943. The molecule has 0 bridgehead atoms. The zero-order valence-electron chi connectivity index (χ0n) is 15.0. The second-order valence-corrected chi connectivity index (χ2v) is 7.22. The van der Waals surface area contributed by atoms with E-state index in [-0.39, 0.29) is 35.0 Å². The van der Waals surface area contributed by atoms with Crippen molar-refractivity contribution in [2.24, 2.45) is 0 Å². The fraction of sp³-hybridized carbons (Fsp3) is 0.211. The van der Waals surface area contributed by atoms with Gasteiger partial charge in [-0.15, -0.1) is 6.58 Å². The van der Waals surface area contributed by atoms with Crippen LogP contribution in [0, 0.1) is 5.82 Å². The van der Waals surface area contributed by atoms with Crippen molar-refractivity contribution in [3.05, 3.63) is 66.5 Å². The summed E-state index contributed by atoms with van der Waals surface area (Å²) < 4.78 is 51.1. The minimum absolute atomic E-state index is 0.0730. The van der Waals surface area contributed by atoms with E-state index in [0.29, 0.717) is 0 Å². The second kappa shape index (κ2) is 8.68. The molecule has 2 aromatic carbocycles. The predicted octanol–water partition coefficient (Wildman–Crippen LogP) is 3.39. The van der Waals surface area contributed by atoms with Crippen LogP contribution in [0.1, 0.15) is 17.3 Å². The highest BCUT2D eigenvalue weighted by Gasteiger charge is 2.28. The predicted molar refractivity (Wildman–Crippen MR) is 100 cm³/mol. The first-order valence-electron chi connectivity index (χ1n) is 8.10. The maximum Gasteiger partial charge on any atom is 0.340 e. The lowest BCUT2D eigenvalue weighted by atomic mass is 10.2. The van der Waals surface area contributed by atoms with Gasteiger partial charge in [0.2, 0.25) is 0 Å². The molecule has 0 atom stereocenters. The van der Waals surface area contributed by atoms with Gasteiger partial charge in [0.05, 0.1) is 36.4 Å². The molecule has 6 nitrogen and oxygen atoms in total. The van der Waals surface area contributed by atoms with E-state index in [4.69, 9.17) is 9.47 Å². The smallest absolute Gasteiger partial charge is 0.340 e. The van der Waals surface area contributed by atoms with Crippen LogP contribution in [-0.4, -0.2) is 34.6 Å². The van der Waals surface area contributed by atoms with Crippen LogP contribution in [0.15, 0.2) is 60.0 Å². The summed E-state index contributed by atoms with van der Waals surface area (Å²) in [5, 5.41) is 0. The van der Waals surface area contributed by atoms with Crippen molar-refractivity contribution in [3.63, 3.8) is 0 Å². The first-order valence-corrected chi connectivity index (χ1v) is 9.54. The average Bonchev–Trinajstić information content (AvgIpc) is 2.66. The molecular formula is C19H20FNO5S. The van der Waals surface area contributed by atoms with Crippen LogP contribution >= 0.6 is 0 Å². The van der Waals surface area contributed by atoms with Gasteiger partial charge < -0.3 is 9.47 Å². The summed E-state index contributed by atoms with van der Waals surface area (Å²) in [6, 6.07) is 9.48. The summed E-state index contributed by atoms with van der Waals surface area (Å²) in [4.78, 5) is 12.0. The van der Waals surface area contributed by atoms with E-state index in [1.54, 1.807) is 19.1 Å². The lowest BCUT2D eigenvalue weighted by Crippen LogP contribution is -2.32. The topological polar surface area (TPSA) is 72.9 Å². The number of carbonyl (C=O) groups excluding carboxylic acids is 1. The van der Waals surface area contributed by atoms with Crippen molar-refractivity contribution in [3.8, 4) is 5.75 Å². The third kappa shape index (κ3) is 4.28. The van der Waals surface area contributed by atoms with Crippen molar-refractivity contribution < 1.29 is 27.1 Å². The zero-order valence-corrected chi connectivity index (χ0v) is 15.8. The van der Waals surface area contributed by atoms with Crippen LogP contribution in [0.3, 0.4) is 0 Å². The van der Waals surface area contributed by atoms with E-state index < -0.39 is 21.8 Å². The SMILES string of the molecule is C=CCN(c1ccccc1C(=O)OCC)S(=O)(=O)c1ccc(OC)c(F)c1. The highest BCUT2D eigenvalue weighted by atomic mass is 32.2. The molecule has 0 amide bonds. The maximum atomic E-state index is 14.0. The quantitative estimate of drug-likeness (QED) is 0.508. The molecule has 0 aromatic heterocycles. The highest BCUT2D eigenvalue weighted by Crippen LogP contribution is 2.29. The third-order valence-electron chi connectivity index (χ3n) is 3.67. The highest BCUT2D eigenvalue weighted by molar-refractivity contribution is 7.92. The largest absolute Gasteiger partial charge is 0.494 e. The first-order chi connectivity index (χ1) is 12.9. The average molecular weight is 393 g/mol. The Morgan fingerprint density at radius 2 is 1.96 bits per heavy atom. The number of sulfonamides is 1. The number of ether oxygens (including phenoxy) is 2. The Morgan fingerprint density at radius 3 is 2.56 bits per heavy atom. The molecule has 0 aliphatic heterocycles. The summed E-state index contributed by atoms with van der Waals surface area (Å²) in [5.41, 5.74) is 0.200. The minimum Gasteiger partial charge on any atom is -0.494 e. The number of hydrogen-bond donors (Lipinski definition) is 0. The monoisotopic (exact) mass is 393 g/mol. The van der Waals surface area contributed by atoms with E-state index in [0.717, 1.165) is 10.4 Å². The molecule has 0 aliphatic rings. The number of hydrogen-bond acceptors (Lipinski definition) is 5. The molecule has 0 spiro atoms. The third-order valence-corrected chi connectivity index (χ3v) is 5.45. The molecule has 0 aliphatic carbocycles. The van der Waals surface area contributed by atoms with Crippen molar-refractivity contribution in [1.29, 1.82) is 0 Å². The van der Waals surface area contributed by atoms with Gasteiger partial charge in [0.25, 0.3) is 10.0 Å². The molecule has 0 saturated heterocycles. The summed E-state index contributed by atoms with van der Waals surface area (Å²) >= 11 is 0. The van der Waals surface area contributed by atoms with Gasteiger partial charge in [-0.05, 0) is 37.3 Å². The molecule has 0 heterocycles. The number of para-hydroxylation sites is 1. The Morgan fingerprint density at radius 1 is 1.26 bits per heavy atom. The Kier molecular flexibility index (Phi) is 6.57. The minimum atomic E-state index is -4.18. The van der Waals surface area contributed by atoms with Crippen LogP contribution in [0.2, 0.25) is 0 Å². The molecule has 2 aromatic rings. The molecule has 0 unspecified atom stereocenters. The lowest BCUT2D eigenvalue weighted by Gasteiger charge is -2.25. The molecule has 0 saturated carbocycles. The summed E-state index contributed by atoms with van der Waals surface area (Å²) in [7, 11) is -2.89. The summed E-state index contributed by atoms with van der Waals surface area (Å²) in [6.07, 6.45) is 1.37. The number of carbonyl (C=O) groups is 1. The van der Waals surface area contributed by atoms with E-state index in [1.807, 2.05) is 0 Å². The number of nitrogens with zero attached hydrogens (tertiary/aromatic N) is 1. The lowest BCUT2D eigenvalue weighted by molar-refractivity contribution is 0.0527. The van der Waals surface area contributed by atoms with E-state index in [9.17, 15) is 17.6 Å². The fourth-order valence-corrected chi connectivity index (χ4v) is 3.92. The van der Waals surface area contributed by atoms with Crippen LogP contribution in [-0.2, 0) is 14.8 Å². The summed E-state index contributed by atoms with van der Waals surface area (Å²) in [6.45, 7) is 5.25. The number of benzene rings is 2. The molecule has 8 heteroatoms. The van der Waals surface area contributed by atoms with Crippen molar-refractivity contribution in [1.82, 2.24) is 0 Å². The summed E-state index contributed by atoms with van der Waals surface area (Å²) in [5.74, 6) is -1.54. The fourth-order valence-electron chi connectivity index (χ4n) is 2.45. The number of esters is 1. The van der Waals surface area contributed by atoms with E-state index >= 15 is 0 Å². The van der Waals surface area contributed by atoms with Gasteiger partial charge in [-0.25, -0.2) is 17.6 Å². The maximum absolute atomic E-state index is 14.0. The van der Waals surface area contributed by atoms with Crippen molar-refractivity contribution in [2.75, 3.05) is 24.6 Å². The first kappa shape index (κ1) is 20.4. The Labute approximate surface area is 157 Å². The van der Waals surface area contributed by atoms with E-state index in [2.05, 4.69) is 6.58 Å². The number of anilines is 1. The van der Waals surface area contributed by atoms with Crippen molar-refractivity contribution >= 4 is 21.7 Å². The van der Waals surface area contributed by atoms with Crippen LogP contribution in [0.4, 0.5) is 10.1 Å². The van der Waals surface area contributed by atoms with Gasteiger partial charge in [0.15, 0.2) is 11.6 Å². The standard InChI is InChI=1S/C19H20FNO5S/c1-4-12-21(17-9-7-6-8-15(17)19(22)26-5-2)27(23,24)14-10-11-18(25-3)16(20)13-14/h4,6-11,13H,1,5,12H2,2-3H3. The van der Waals surface area contributed by atoms with Gasteiger partial charge in [0, 0.05) is 0 Å². The number of halogens is 1. The van der Waals surface area contributed by atoms with Crippen LogP contribution in [0.5, 0.6) is 5.75 Å². The number of methoxy groups -OCH3 is 1. The zero-order chi connectivity index (χ0) is 20.0. The van der Waals surface area contributed by atoms with Gasteiger partial charge in [-0.1, -0.05) is 18.2 Å². The van der Waals surface area contributed by atoms with Crippen LogP contribution in [0.25, 0.3) is 0 Å². The molecular weight excluding hydrogens is 373 g/mol. The van der Waals surface area contributed by atoms with Gasteiger partial charge in [-0.3, -0.25) is 4.31 Å². The molecule has 0 N–H and O–H groups in total. The Balaban J connectivity index is 2.59. The van der Waals surface area contributed by atoms with Gasteiger partial charge in [0.1, 0.15) is 0 Å². The molecule has 0 radical (unpaired) electrons. The van der Waals surface area contributed by atoms with E-state index in [1.165, 1.54) is 37.5 Å². The van der Waals surface area contributed by atoms with Gasteiger partial charge in [-0.2, -0.15) is 0 Å². The number of rotatable bonds is 8. The Hall–Kier alpha value is -2.87. The molecule has 0 fully saturated rings. The molecule has 2 rings (SSSR count). The van der Waals surface area contributed by atoms with Crippen LogP contribution < -0.4 is 9.04 Å². The molecule has 27 heavy (non-hydrogen) atoms. The second-order valence-electron chi connectivity index (χ2n) is 5.36.